The van der Waals surface area contributed by atoms with E-state index in [0.29, 0.717) is 6.54 Å². The molecule has 1 aromatic rings. The van der Waals surface area contributed by atoms with Crippen molar-refractivity contribution in [2.75, 3.05) is 20.1 Å². The molecule has 0 radical (unpaired) electrons. The van der Waals surface area contributed by atoms with E-state index in [1.165, 1.54) is 0 Å². The average Bonchev–Trinajstić information content (AvgIpc) is 2.84. The van der Waals surface area contributed by atoms with Crippen LogP contribution in [-0.2, 0) is 6.42 Å². The number of aliphatic imine (C=N–C) groups is 1. The van der Waals surface area contributed by atoms with Crippen LogP contribution in [0.1, 0.15) is 25.0 Å². The maximum atomic E-state index is 9.97. The van der Waals surface area contributed by atoms with Crippen LogP contribution in [0.5, 0.6) is 0 Å². The highest BCUT2D eigenvalue weighted by Gasteiger charge is 2.34. The van der Waals surface area contributed by atoms with E-state index < -0.39 is 5.60 Å². The monoisotopic (exact) mass is 379 g/mol. The Balaban J connectivity index is 0.00000180. The SMILES string of the molecule is CN=C(NCCc1ccco1)NCC1(O)CCC1.I. The standard InChI is InChI=1S/C13H21N3O2.HI/c1-14-12(16-10-13(17)6-3-7-13)15-8-5-11-4-2-9-18-11;/h2,4,9,17H,3,5-8,10H2,1H3,(H2,14,15,16);1H. The third-order valence-electron chi connectivity index (χ3n) is 3.34. The molecule has 0 aromatic carbocycles. The summed E-state index contributed by atoms with van der Waals surface area (Å²) in [4.78, 5) is 4.12. The van der Waals surface area contributed by atoms with Gasteiger partial charge in [0.25, 0.3) is 0 Å². The molecule has 0 saturated heterocycles. The van der Waals surface area contributed by atoms with E-state index in [2.05, 4.69) is 15.6 Å². The Morgan fingerprint density at radius 1 is 1.47 bits per heavy atom. The van der Waals surface area contributed by atoms with E-state index in [1.54, 1.807) is 13.3 Å². The maximum Gasteiger partial charge on any atom is 0.191 e. The summed E-state index contributed by atoms with van der Waals surface area (Å²) in [6.07, 6.45) is 5.36. The zero-order valence-corrected chi connectivity index (χ0v) is 13.5. The summed E-state index contributed by atoms with van der Waals surface area (Å²) in [6.45, 7) is 1.32. The van der Waals surface area contributed by atoms with Crippen molar-refractivity contribution >= 4 is 29.9 Å². The molecule has 1 aromatic heterocycles. The molecule has 1 fully saturated rings. The molecule has 0 atom stereocenters. The molecule has 1 aliphatic rings. The summed E-state index contributed by atoms with van der Waals surface area (Å²) in [5.41, 5.74) is -0.529. The maximum absolute atomic E-state index is 9.97. The van der Waals surface area contributed by atoms with E-state index in [4.69, 9.17) is 4.42 Å². The van der Waals surface area contributed by atoms with Crippen LogP contribution in [0, 0.1) is 0 Å². The van der Waals surface area contributed by atoms with Gasteiger partial charge in [-0.05, 0) is 31.4 Å². The highest BCUT2D eigenvalue weighted by Crippen LogP contribution is 2.30. The summed E-state index contributed by atoms with van der Waals surface area (Å²) in [5, 5.41) is 16.3. The highest BCUT2D eigenvalue weighted by molar-refractivity contribution is 14.0. The minimum absolute atomic E-state index is 0. The number of halogens is 1. The van der Waals surface area contributed by atoms with Gasteiger partial charge in [0.1, 0.15) is 5.76 Å². The van der Waals surface area contributed by atoms with Gasteiger partial charge in [0, 0.05) is 26.6 Å². The molecular weight excluding hydrogens is 357 g/mol. The van der Waals surface area contributed by atoms with Crippen LogP contribution in [0.3, 0.4) is 0 Å². The molecule has 6 heteroatoms. The average molecular weight is 379 g/mol. The van der Waals surface area contributed by atoms with Gasteiger partial charge in [-0.25, -0.2) is 0 Å². The van der Waals surface area contributed by atoms with Crippen LogP contribution in [0.25, 0.3) is 0 Å². The molecule has 0 bridgehead atoms. The Morgan fingerprint density at radius 3 is 2.79 bits per heavy atom. The second-order valence-electron chi connectivity index (χ2n) is 4.76. The molecular formula is C13H22IN3O2. The van der Waals surface area contributed by atoms with Gasteiger partial charge in [0.15, 0.2) is 5.96 Å². The number of furan rings is 1. The van der Waals surface area contributed by atoms with Crippen LogP contribution in [0.15, 0.2) is 27.8 Å². The van der Waals surface area contributed by atoms with Crippen molar-refractivity contribution in [3.8, 4) is 0 Å². The molecule has 0 amide bonds. The second-order valence-corrected chi connectivity index (χ2v) is 4.76. The first kappa shape index (κ1) is 16.3. The van der Waals surface area contributed by atoms with Crippen LogP contribution in [-0.4, -0.2) is 36.8 Å². The van der Waals surface area contributed by atoms with E-state index in [1.807, 2.05) is 12.1 Å². The minimum atomic E-state index is -0.529. The van der Waals surface area contributed by atoms with Crippen molar-refractivity contribution in [1.29, 1.82) is 0 Å². The Bertz CT molecular complexity index is 389. The first-order valence-electron chi connectivity index (χ1n) is 6.41. The van der Waals surface area contributed by atoms with E-state index in [-0.39, 0.29) is 24.0 Å². The van der Waals surface area contributed by atoms with Crippen molar-refractivity contribution in [1.82, 2.24) is 10.6 Å². The van der Waals surface area contributed by atoms with Gasteiger partial charge in [-0.15, -0.1) is 24.0 Å². The van der Waals surface area contributed by atoms with Crippen molar-refractivity contribution in [3.05, 3.63) is 24.2 Å². The molecule has 1 aliphatic carbocycles. The van der Waals surface area contributed by atoms with Crippen LogP contribution < -0.4 is 10.6 Å². The zero-order chi connectivity index (χ0) is 12.8. The molecule has 0 unspecified atom stereocenters. The van der Waals surface area contributed by atoms with Gasteiger partial charge in [-0.3, -0.25) is 4.99 Å². The third-order valence-corrected chi connectivity index (χ3v) is 3.34. The largest absolute Gasteiger partial charge is 0.469 e. The Kier molecular flexibility index (Phi) is 6.64. The number of rotatable bonds is 5. The van der Waals surface area contributed by atoms with E-state index >= 15 is 0 Å². The predicted octanol–water partition coefficient (Wildman–Crippen LogP) is 1.52. The topological polar surface area (TPSA) is 69.8 Å². The first-order valence-corrected chi connectivity index (χ1v) is 6.41. The number of aliphatic hydroxyl groups is 1. The first-order chi connectivity index (χ1) is 8.72. The predicted molar refractivity (Wildman–Crippen MR) is 86.0 cm³/mol. The smallest absolute Gasteiger partial charge is 0.191 e. The molecule has 5 nitrogen and oxygen atoms in total. The van der Waals surface area contributed by atoms with Crippen LogP contribution in [0.4, 0.5) is 0 Å². The molecule has 19 heavy (non-hydrogen) atoms. The van der Waals surface area contributed by atoms with Gasteiger partial charge in [-0.1, -0.05) is 0 Å². The lowest BCUT2D eigenvalue weighted by molar-refractivity contribution is -0.0279. The third kappa shape index (κ3) is 5.02. The summed E-state index contributed by atoms with van der Waals surface area (Å²) in [7, 11) is 1.73. The van der Waals surface area contributed by atoms with Crippen molar-refractivity contribution < 1.29 is 9.52 Å². The Labute approximate surface area is 130 Å². The number of hydrogen-bond acceptors (Lipinski definition) is 3. The fourth-order valence-corrected chi connectivity index (χ4v) is 1.99. The number of nitrogens with zero attached hydrogens (tertiary/aromatic N) is 1. The second kappa shape index (κ2) is 7.74. The lowest BCUT2D eigenvalue weighted by atomic mass is 9.80. The molecule has 1 saturated carbocycles. The molecule has 3 N–H and O–H groups in total. The van der Waals surface area contributed by atoms with Crippen molar-refractivity contribution in [2.24, 2.45) is 4.99 Å². The van der Waals surface area contributed by atoms with Crippen molar-refractivity contribution in [2.45, 2.75) is 31.3 Å². The van der Waals surface area contributed by atoms with E-state index in [0.717, 1.165) is 43.9 Å². The van der Waals surface area contributed by atoms with Gasteiger partial charge in [0.05, 0.1) is 11.9 Å². The lowest BCUT2D eigenvalue weighted by Gasteiger charge is -2.36. The molecule has 0 spiro atoms. The summed E-state index contributed by atoms with van der Waals surface area (Å²) in [6, 6.07) is 3.84. The summed E-state index contributed by atoms with van der Waals surface area (Å²) < 4.78 is 5.25. The van der Waals surface area contributed by atoms with Crippen LogP contribution >= 0.6 is 24.0 Å². The summed E-state index contributed by atoms with van der Waals surface area (Å²) >= 11 is 0. The van der Waals surface area contributed by atoms with E-state index in [9.17, 15) is 5.11 Å². The zero-order valence-electron chi connectivity index (χ0n) is 11.2. The molecule has 108 valence electrons. The molecule has 1 heterocycles. The van der Waals surface area contributed by atoms with Gasteiger partial charge in [0.2, 0.25) is 0 Å². The van der Waals surface area contributed by atoms with Gasteiger partial charge >= 0.3 is 0 Å². The number of nitrogens with one attached hydrogen (secondary N) is 2. The Hall–Kier alpha value is -0.760. The number of guanidine groups is 1. The summed E-state index contributed by atoms with van der Waals surface area (Å²) in [5.74, 6) is 1.68. The molecule has 0 aliphatic heterocycles. The van der Waals surface area contributed by atoms with Gasteiger partial charge < -0.3 is 20.2 Å². The van der Waals surface area contributed by atoms with Gasteiger partial charge in [-0.2, -0.15) is 0 Å². The quantitative estimate of drug-likeness (QED) is 0.412. The normalized spacial score (nSPS) is 17.3. The number of hydrogen-bond donors (Lipinski definition) is 3. The fraction of sp³-hybridized carbons (Fsp3) is 0.615. The lowest BCUT2D eigenvalue weighted by Crippen LogP contribution is -2.50. The Morgan fingerprint density at radius 2 is 2.26 bits per heavy atom. The minimum Gasteiger partial charge on any atom is -0.469 e. The molecule has 2 rings (SSSR count). The fourth-order valence-electron chi connectivity index (χ4n) is 1.99. The van der Waals surface area contributed by atoms with Crippen LogP contribution in [0.2, 0.25) is 0 Å². The van der Waals surface area contributed by atoms with Crippen molar-refractivity contribution in [3.63, 3.8) is 0 Å². The highest BCUT2D eigenvalue weighted by atomic mass is 127.